The van der Waals surface area contributed by atoms with Crippen molar-refractivity contribution in [3.63, 3.8) is 0 Å². The van der Waals surface area contributed by atoms with Crippen LogP contribution in [0, 0.1) is 0 Å². The van der Waals surface area contributed by atoms with Crippen LogP contribution in [0.4, 0.5) is 23.7 Å². The van der Waals surface area contributed by atoms with Gasteiger partial charge in [0.25, 0.3) is 0 Å². The minimum atomic E-state index is -4.86. The van der Waals surface area contributed by atoms with Crippen molar-refractivity contribution in [2.24, 2.45) is 0 Å². The number of hydrogen-bond acceptors (Lipinski definition) is 8. The Hall–Kier alpha value is -4.26. The topological polar surface area (TPSA) is 112 Å². The van der Waals surface area contributed by atoms with E-state index in [9.17, 15) is 22.8 Å². The van der Waals surface area contributed by atoms with Crippen LogP contribution >= 0.6 is 0 Å². The number of para-hydroxylation sites is 2. The zero-order chi connectivity index (χ0) is 33.5. The van der Waals surface area contributed by atoms with Crippen molar-refractivity contribution in [1.29, 1.82) is 0 Å². The van der Waals surface area contributed by atoms with Crippen molar-refractivity contribution in [1.82, 2.24) is 10.1 Å². The van der Waals surface area contributed by atoms with Crippen molar-refractivity contribution in [3.8, 4) is 22.8 Å². The number of carbonyl (C=O) groups is 2. The van der Waals surface area contributed by atoms with Crippen molar-refractivity contribution in [3.05, 3.63) is 59.4 Å². The lowest BCUT2D eigenvalue weighted by Crippen LogP contribution is -2.50. The van der Waals surface area contributed by atoms with Crippen LogP contribution in [-0.4, -0.2) is 59.3 Å². The van der Waals surface area contributed by atoms with Crippen LogP contribution in [0.2, 0.25) is 0 Å². The van der Waals surface area contributed by atoms with Crippen LogP contribution in [0.15, 0.2) is 47.0 Å². The molecule has 1 aromatic heterocycles. The Morgan fingerprint density at radius 2 is 1.70 bits per heavy atom. The number of nitrogens with one attached hydrogen (secondary N) is 1. The van der Waals surface area contributed by atoms with Crippen LogP contribution in [0.3, 0.4) is 0 Å². The van der Waals surface area contributed by atoms with E-state index in [-0.39, 0.29) is 65.1 Å². The van der Waals surface area contributed by atoms with Crippen molar-refractivity contribution < 1.29 is 46.2 Å². The van der Waals surface area contributed by atoms with Crippen LogP contribution in [0.25, 0.3) is 11.3 Å². The van der Waals surface area contributed by atoms with Gasteiger partial charge in [0.1, 0.15) is 28.4 Å². The number of fused-ring (bicyclic) bond motifs is 2. The highest BCUT2D eigenvalue weighted by atomic mass is 19.4. The number of urea groups is 1. The van der Waals surface area contributed by atoms with E-state index in [0.717, 1.165) is 25.7 Å². The summed E-state index contributed by atoms with van der Waals surface area (Å²) < 4.78 is 66.9. The first kappa shape index (κ1) is 32.7. The summed E-state index contributed by atoms with van der Waals surface area (Å²) in [4.78, 5) is 28.3. The van der Waals surface area contributed by atoms with Gasteiger partial charge in [-0.25, -0.2) is 9.59 Å². The maximum Gasteiger partial charge on any atom is 0.573 e. The van der Waals surface area contributed by atoms with E-state index < -0.39 is 17.9 Å². The third-order valence-electron chi connectivity index (χ3n) is 8.60. The third kappa shape index (κ3) is 7.34. The van der Waals surface area contributed by atoms with E-state index in [0.29, 0.717) is 29.9 Å². The fraction of sp³-hybridized carbons (Fsp3) is 0.500. The van der Waals surface area contributed by atoms with Gasteiger partial charge in [0.15, 0.2) is 5.75 Å². The fourth-order valence-electron chi connectivity index (χ4n) is 6.54. The summed E-state index contributed by atoms with van der Waals surface area (Å²) in [6, 6.07) is 10.3. The number of piperidine rings is 1. The summed E-state index contributed by atoms with van der Waals surface area (Å²) in [5.41, 5.74) is 0.942. The van der Waals surface area contributed by atoms with Gasteiger partial charge in [-0.2, -0.15) is 0 Å². The number of hydrogen-bond donors (Lipinski definition) is 1. The molecular formula is C34H38F3N3O7. The number of rotatable bonds is 9. The van der Waals surface area contributed by atoms with Gasteiger partial charge in [0, 0.05) is 29.1 Å². The Kier molecular flexibility index (Phi) is 8.86. The first-order valence-corrected chi connectivity index (χ1v) is 15.8. The molecule has 252 valence electrons. The molecule has 2 amide bonds. The Morgan fingerprint density at radius 3 is 2.34 bits per heavy atom. The predicted molar refractivity (Wildman–Crippen MR) is 164 cm³/mol. The number of nitrogens with zero attached hydrogens (tertiary/aromatic N) is 2. The molecule has 0 spiro atoms. The number of amides is 2. The van der Waals surface area contributed by atoms with Gasteiger partial charge in [-0.15, -0.1) is 13.2 Å². The molecule has 1 aliphatic carbocycles. The monoisotopic (exact) mass is 657 g/mol. The minimum Gasteiger partial charge on any atom is -0.494 e. The van der Waals surface area contributed by atoms with Crippen LogP contribution in [0.5, 0.6) is 11.5 Å². The Labute approximate surface area is 270 Å². The Bertz CT molecular complexity index is 1620. The van der Waals surface area contributed by atoms with Gasteiger partial charge >= 0.3 is 18.4 Å². The van der Waals surface area contributed by atoms with Crippen LogP contribution in [0.1, 0.15) is 86.9 Å². The number of esters is 1. The number of alkyl halides is 3. The van der Waals surface area contributed by atoms with Crippen molar-refractivity contribution in [2.75, 3.05) is 12.4 Å². The maximum absolute atomic E-state index is 13.6. The second-order valence-electron chi connectivity index (χ2n) is 13.2. The lowest BCUT2D eigenvalue weighted by Gasteiger charge is -2.38. The number of anilines is 1. The smallest absolute Gasteiger partial charge is 0.494 e. The molecule has 1 N–H and O–H groups in total. The second-order valence-corrected chi connectivity index (χ2v) is 13.2. The molecule has 2 aliphatic heterocycles. The largest absolute Gasteiger partial charge is 0.573 e. The molecule has 0 radical (unpaired) electrons. The molecular weight excluding hydrogens is 619 g/mol. The highest BCUT2D eigenvalue weighted by molar-refractivity contribution is 5.98. The molecule has 1 saturated carbocycles. The molecule has 2 atom stereocenters. The summed E-state index contributed by atoms with van der Waals surface area (Å²) in [7, 11) is 1.43. The average molecular weight is 658 g/mol. The van der Waals surface area contributed by atoms with E-state index in [1.165, 1.54) is 25.3 Å². The van der Waals surface area contributed by atoms with E-state index in [1.54, 1.807) is 45.0 Å². The number of benzene rings is 2. The molecule has 2 aromatic carbocycles. The molecule has 2 bridgehead atoms. The molecule has 47 heavy (non-hydrogen) atoms. The molecule has 6 rings (SSSR count). The minimum absolute atomic E-state index is 0.0791. The average Bonchev–Trinajstić information content (AvgIpc) is 3.69. The maximum atomic E-state index is 13.6. The first-order valence-electron chi connectivity index (χ1n) is 15.8. The SMILES string of the molecule is COc1c(NC(=O)N2C3CCC2CC(OCc2c(-c4ccccc4OC(F)(F)F)noc2C2CC2)C3)cccc1C(=O)OC(C)(C)C. The number of methoxy groups -OCH3 is 1. The van der Waals surface area contributed by atoms with Gasteiger partial charge in [0.05, 0.1) is 25.5 Å². The van der Waals surface area contributed by atoms with E-state index in [4.69, 9.17) is 18.7 Å². The molecule has 3 heterocycles. The highest BCUT2D eigenvalue weighted by Crippen LogP contribution is 2.46. The summed E-state index contributed by atoms with van der Waals surface area (Å²) >= 11 is 0. The number of ether oxygens (including phenoxy) is 4. The number of halogens is 3. The zero-order valence-corrected chi connectivity index (χ0v) is 26.7. The van der Waals surface area contributed by atoms with Crippen LogP contribution < -0.4 is 14.8 Å². The summed E-state index contributed by atoms with van der Waals surface area (Å²) in [5, 5.41) is 7.10. The molecule has 10 nitrogen and oxygen atoms in total. The first-order chi connectivity index (χ1) is 22.3. The molecule has 3 aromatic rings. The molecule has 13 heteroatoms. The normalized spacial score (nSPS) is 21.0. The van der Waals surface area contributed by atoms with E-state index >= 15 is 0 Å². The zero-order valence-electron chi connectivity index (χ0n) is 26.7. The van der Waals surface area contributed by atoms with Gasteiger partial charge in [-0.1, -0.05) is 23.4 Å². The number of carbonyl (C=O) groups excluding carboxylic acids is 2. The third-order valence-corrected chi connectivity index (χ3v) is 8.60. The van der Waals surface area contributed by atoms with Gasteiger partial charge in [-0.05, 0) is 83.6 Å². The fourth-order valence-corrected chi connectivity index (χ4v) is 6.54. The lowest BCUT2D eigenvalue weighted by atomic mass is 9.99. The Morgan fingerprint density at radius 1 is 1.00 bits per heavy atom. The standard InChI is InChI=1S/C34H38F3N3O7/c1-33(2,3)46-31(41)24-9-7-10-26(30(24)43-4)38-32(42)40-20-14-15-21(40)17-22(16-20)44-18-25-28(39-47-29(25)19-12-13-19)23-8-5-6-11-27(23)45-34(35,36)37/h5-11,19-22H,12-18H2,1-4H3,(H,38,42). The quantitative estimate of drug-likeness (QED) is 0.232. The van der Waals surface area contributed by atoms with Crippen molar-refractivity contribution >= 4 is 17.7 Å². The summed E-state index contributed by atoms with van der Waals surface area (Å²) in [5.74, 6) is 0.0873. The van der Waals surface area contributed by atoms with E-state index in [2.05, 4.69) is 15.2 Å². The summed E-state index contributed by atoms with van der Waals surface area (Å²) in [6.07, 6.45) is -0.434. The molecule has 3 fully saturated rings. The molecule has 2 saturated heterocycles. The van der Waals surface area contributed by atoms with Gasteiger partial charge < -0.3 is 33.7 Å². The predicted octanol–water partition coefficient (Wildman–Crippen LogP) is 7.83. The van der Waals surface area contributed by atoms with E-state index in [1.807, 2.05) is 4.90 Å². The number of aromatic nitrogens is 1. The van der Waals surface area contributed by atoms with Gasteiger partial charge in [-0.3, -0.25) is 0 Å². The lowest BCUT2D eigenvalue weighted by molar-refractivity contribution is -0.274. The second kappa shape index (κ2) is 12.7. The highest BCUT2D eigenvalue weighted by Gasteiger charge is 2.44. The van der Waals surface area contributed by atoms with Crippen molar-refractivity contribution in [2.45, 2.75) is 102 Å². The van der Waals surface area contributed by atoms with Crippen LogP contribution in [-0.2, 0) is 16.1 Å². The molecule has 3 aliphatic rings. The Balaban J connectivity index is 1.14. The molecule has 2 unspecified atom stereocenters. The summed E-state index contributed by atoms with van der Waals surface area (Å²) in [6.45, 7) is 5.43. The van der Waals surface area contributed by atoms with Gasteiger partial charge in [0.2, 0.25) is 0 Å².